The SMILES string of the molecule is COC1(CC(Br)c2ccc3c(c2)oc(=O)n3C)CCC1. The summed E-state index contributed by atoms with van der Waals surface area (Å²) in [6, 6.07) is 5.92. The number of halogens is 1. The topological polar surface area (TPSA) is 44.4 Å². The highest BCUT2D eigenvalue weighted by atomic mass is 79.9. The first-order chi connectivity index (χ1) is 9.54. The number of nitrogens with zero attached hydrogens (tertiary/aromatic N) is 1. The normalized spacial score (nSPS) is 18.9. The lowest BCUT2D eigenvalue weighted by molar-refractivity contribution is -0.0773. The number of oxazole rings is 1. The van der Waals surface area contributed by atoms with Gasteiger partial charge in [0.25, 0.3) is 0 Å². The van der Waals surface area contributed by atoms with Crippen LogP contribution in [0.3, 0.4) is 0 Å². The van der Waals surface area contributed by atoms with Crippen LogP contribution in [0.15, 0.2) is 27.4 Å². The van der Waals surface area contributed by atoms with E-state index >= 15 is 0 Å². The van der Waals surface area contributed by atoms with Gasteiger partial charge < -0.3 is 9.15 Å². The molecular weight excluding hydrogens is 322 g/mol. The zero-order valence-electron chi connectivity index (χ0n) is 11.7. The van der Waals surface area contributed by atoms with Gasteiger partial charge in [-0.2, -0.15) is 0 Å². The van der Waals surface area contributed by atoms with Crippen LogP contribution in [-0.2, 0) is 11.8 Å². The first-order valence-electron chi connectivity index (χ1n) is 6.83. The molecule has 5 heteroatoms. The molecule has 0 N–H and O–H groups in total. The monoisotopic (exact) mass is 339 g/mol. The van der Waals surface area contributed by atoms with E-state index in [1.807, 2.05) is 18.2 Å². The van der Waals surface area contributed by atoms with E-state index in [2.05, 4.69) is 15.9 Å². The second-order valence-electron chi connectivity index (χ2n) is 5.57. The predicted octanol–water partition coefficient (Wildman–Crippen LogP) is 3.53. The van der Waals surface area contributed by atoms with Crippen LogP contribution in [0.4, 0.5) is 0 Å². The van der Waals surface area contributed by atoms with E-state index in [9.17, 15) is 4.79 Å². The van der Waals surface area contributed by atoms with E-state index < -0.39 is 0 Å². The zero-order chi connectivity index (χ0) is 14.3. The first-order valence-corrected chi connectivity index (χ1v) is 7.75. The molecule has 1 saturated carbocycles. The average Bonchev–Trinajstić information content (AvgIpc) is 2.69. The van der Waals surface area contributed by atoms with Gasteiger partial charge in [-0.3, -0.25) is 4.57 Å². The second kappa shape index (κ2) is 5.04. The Morgan fingerprint density at radius 2 is 2.25 bits per heavy atom. The summed E-state index contributed by atoms with van der Waals surface area (Å²) in [7, 11) is 3.51. The fourth-order valence-corrected chi connectivity index (χ4v) is 3.73. The zero-order valence-corrected chi connectivity index (χ0v) is 13.3. The number of hydrogen-bond acceptors (Lipinski definition) is 3. The van der Waals surface area contributed by atoms with Crippen LogP contribution in [0, 0.1) is 0 Å². The molecule has 1 heterocycles. The van der Waals surface area contributed by atoms with Crippen LogP contribution in [0.25, 0.3) is 11.1 Å². The van der Waals surface area contributed by atoms with E-state index in [0.29, 0.717) is 5.58 Å². The van der Waals surface area contributed by atoms with E-state index in [1.165, 1.54) is 11.0 Å². The molecule has 4 nitrogen and oxygen atoms in total. The minimum absolute atomic E-state index is 0.0145. The van der Waals surface area contributed by atoms with Gasteiger partial charge in [-0.1, -0.05) is 22.0 Å². The largest absolute Gasteiger partial charge is 0.419 e. The highest BCUT2D eigenvalue weighted by Crippen LogP contribution is 2.44. The molecule has 2 aromatic rings. The number of benzene rings is 1. The Bertz CT molecular complexity index is 678. The summed E-state index contributed by atoms with van der Waals surface area (Å²) in [5.41, 5.74) is 2.60. The van der Waals surface area contributed by atoms with Crippen LogP contribution in [0.1, 0.15) is 36.1 Å². The number of aryl methyl sites for hydroxylation is 1. The Hall–Kier alpha value is -1.07. The van der Waals surface area contributed by atoms with Crippen LogP contribution in [-0.4, -0.2) is 17.3 Å². The Labute approximate surface area is 125 Å². The van der Waals surface area contributed by atoms with E-state index in [-0.39, 0.29) is 16.2 Å². The predicted molar refractivity (Wildman–Crippen MR) is 81.3 cm³/mol. The van der Waals surface area contributed by atoms with Gasteiger partial charge in [0.2, 0.25) is 0 Å². The molecule has 0 amide bonds. The maximum atomic E-state index is 11.5. The molecular formula is C15H18BrNO3. The van der Waals surface area contributed by atoms with E-state index in [4.69, 9.17) is 9.15 Å². The number of ether oxygens (including phenoxy) is 1. The van der Waals surface area contributed by atoms with Gasteiger partial charge in [0.15, 0.2) is 5.58 Å². The number of fused-ring (bicyclic) bond motifs is 1. The van der Waals surface area contributed by atoms with Crippen molar-refractivity contribution < 1.29 is 9.15 Å². The lowest BCUT2D eigenvalue weighted by atomic mass is 9.76. The van der Waals surface area contributed by atoms with Crippen molar-refractivity contribution in [3.63, 3.8) is 0 Å². The maximum Gasteiger partial charge on any atom is 0.419 e. The van der Waals surface area contributed by atoms with Gasteiger partial charge in [-0.05, 0) is 43.4 Å². The number of rotatable bonds is 4. The molecule has 0 saturated heterocycles. The molecule has 1 fully saturated rings. The van der Waals surface area contributed by atoms with Crippen LogP contribution < -0.4 is 5.76 Å². The summed E-state index contributed by atoms with van der Waals surface area (Å²) >= 11 is 3.74. The molecule has 1 atom stereocenters. The van der Waals surface area contributed by atoms with Crippen molar-refractivity contribution in [1.82, 2.24) is 4.57 Å². The van der Waals surface area contributed by atoms with Crippen molar-refractivity contribution in [3.8, 4) is 0 Å². The minimum Gasteiger partial charge on any atom is -0.408 e. The number of alkyl halides is 1. The standard InChI is InChI=1S/C15H18BrNO3/c1-17-12-5-4-10(8-13(12)20-14(17)18)11(16)9-15(19-2)6-3-7-15/h4-5,8,11H,3,6-7,9H2,1-2H3. The van der Waals surface area contributed by atoms with E-state index in [0.717, 1.165) is 30.3 Å². The fraction of sp³-hybridized carbons (Fsp3) is 0.533. The van der Waals surface area contributed by atoms with Gasteiger partial charge in [0.1, 0.15) is 0 Å². The molecule has 3 rings (SSSR count). The third kappa shape index (κ3) is 2.23. The molecule has 108 valence electrons. The molecule has 0 bridgehead atoms. The van der Waals surface area contributed by atoms with Crippen LogP contribution >= 0.6 is 15.9 Å². The molecule has 0 spiro atoms. The molecule has 0 aliphatic heterocycles. The van der Waals surface area contributed by atoms with Gasteiger partial charge in [-0.15, -0.1) is 0 Å². The molecule has 1 aliphatic rings. The Morgan fingerprint density at radius 3 is 2.85 bits per heavy atom. The molecule has 1 aliphatic carbocycles. The Kier molecular flexibility index (Phi) is 3.50. The first kappa shape index (κ1) is 13.9. The van der Waals surface area contributed by atoms with Gasteiger partial charge in [0, 0.05) is 19.0 Å². The van der Waals surface area contributed by atoms with Crippen LogP contribution in [0.2, 0.25) is 0 Å². The number of methoxy groups -OCH3 is 1. The molecule has 1 unspecified atom stereocenters. The summed E-state index contributed by atoms with van der Waals surface area (Å²) < 4.78 is 12.4. The van der Waals surface area contributed by atoms with Crippen molar-refractivity contribution in [2.45, 2.75) is 36.1 Å². The minimum atomic E-state index is -0.323. The third-order valence-electron chi connectivity index (χ3n) is 4.43. The van der Waals surface area contributed by atoms with Crippen molar-refractivity contribution in [2.24, 2.45) is 7.05 Å². The van der Waals surface area contributed by atoms with Gasteiger partial charge >= 0.3 is 5.76 Å². The van der Waals surface area contributed by atoms with Gasteiger partial charge in [0.05, 0.1) is 11.1 Å². The summed E-state index contributed by atoms with van der Waals surface area (Å²) in [4.78, 5) is 11.7. The lowest BCUT2D eigenvalue weighted by Crippen LogP contribution is -2.39. The summed E-state index contributed by atoms with van der Waals surface area (Å²) in [5.74, 6) is -0.323. The van der Waals surface area contributed by atoms with Crippen molar-refractivity contribution in [3.05, 3.63) is 34.3 Å². The number of aromatic nitrogens is 1. The Balaban J connectivity index is 1.88. The number of hydrogen-bond donors (Lipinski definition) is 0. The summed E-state index contributed by atoms with van der Waals surface area (Å²) in [5, 5.41) is 0. The lowest BCUT2D eigenvalue weighted by Gasteiger charge is -2.42. The van der Waals surface area contributed by atoms with E-state index in [1.54, 1.807) is 14.2 Å². The summed E-state index contributed by atoms with van der Waals surface area (Å²) in [6.07, 6.45) is 4.41. The average molecular weight is 340 g/mol. The van der Waals surface area contributed by atoms with Crippen molar-refractivity contribution >= 4 is 27.0 Å². The molecule has 1 aromatic heterocycles. The quantitative estimate of drug-likeness (QED) is 0.800. The second-order valence-corrected chi connectivity index (χ2v) is 6.67. The Morgan fingerprint density at radius 1 is 1.50 bits per heavy atom. The highest BCUT2D eigenvalue weighted by molar-refractivity contribution is 9.09. The molecule has 1 aromatic carbocycles. The highest BCUT2D eigenvalue weighted by Gasteiger charge is 2.38. The maximum absolute atomic E-state index is 11.5. The molecule has 0 radical (unpaired) electrons. The molecule has 20 heavy (non-hydrogen) atoms. The van der Waals surface area contributed by atoms with Gasteiger partial charge in [-0.25, -0.2) is 4.79 Å². The van der Waals surface area contributed by atoms with Crippen molar-refractivity contribution in [2.75, 3.05) is 7.11 Å². The van der Waals surface area contributed by atoms with Crippen molar-refractivity contribution in [1.29, 1.82) is 0 Å². The fourth-order valence-electron chi connectivity index (χ4n) is 2.85. The van der Waals surface area contributed by atoms with Crippen LogP contribution in [0.5, 0.6) is 0 Å². The summed E-state index contributed by atoms with van der Waals surface area (Å²) in [6.45, 7) is 0. The third-order valence-corrected chi connectivity index (χ3v) is 5.28. The smallest absolute Gasteiger partial charge is 0.408 e.